The number of nitrogens with zero attached hydrogens (tertiary/aromatic N) is 2. The van der Waals surface area contributed by atoms with Crippen molar-refractivity contribution in [2.24, 2.45) is 5.73 Å². The number of phenolic OH excluding ortho intramolecular Hbond substituents is 1. The van der Waals surface area contributed by atoms with Crippen LogP contribution in [-0.4, -0.2) is 49.8 Å². The van der Waals surface area contributed by atoms with E-state index < -0.39 is 18.1 Å². The van der Waals surface area contributed by atoms with Crippen molar-refractivity contribution in [3.8, 4) is 17.0 Å². The van der Waals surface area contributed by atoms with Crippen LogP contribution in [0.2, 0.25) is 0 Å². The van der Waals surface area contributed by atoms with Crippen molar-refractivity contribution in [1.29, 1.82) is 0 Å². The van der Waals surface area contributed by atoms with Crippen LogP contribution in [0.4, 0.5) is 13.2 Å². The zero-order valence-corrected chi connectivity index (χ0v) is 15.7. The Balaban J connectivity index is 0.000000345. The van der Waals surface area contributed by atoms with E-state index in [4.69, 9.17) is 15.6 Å². The Bertz CT molecular complexity index is 927. The number of carbonyl (C=O) groups is 2. The summed E-state index contributed by atoms with van der Waals surface area (Å²) in [6, 6.07) is 3.48. The van der Waals surface area contributed by atoms with Gasteiger partial charge in [-0.25, -0.2) is 9.59 Å². The molecule has 0 saturated carbocycles. The minimum atomic E-state index is -5.08. The van der Waals surface area contributed by atoms with Crippen LogP contribution < -0.4 is 5.73 Å². The highest BCUT2D eigenvalue weighted by molar-refractivity contribution is 9.10. The Labute approximate surface area is 164 Å². The van der Waals surface area contributed by atoms with Crippen LogP contribution >= 0.6 is 15.9 Å². The molecule has 152 valence electrons. The molecule has 0 bridgehead atoms. The molecule has 0 radical (unpaired) electrons. The Morgan fingerprint density at radius 2 is 1.86 bits per heavy atom. The van der Waals surface area contributed by atoms with E-state index in [1.807, 2.05) is 0 Å². The van der Waals surface area contributed by atoms with Crippen molar-refractivity contribution >= 4 is 27.9 Å². The normalized spacial score (nSPS) is 12.5. The van der Waals surface area contributed by atoms with Gasteiger partial charge in [0.2, 0.25) is 0 Å². The molecule has 0 amide bonds. The number of carboxylic acid groups (broad SMARTS) is 2. The van der Waals surface area contributed by atoms with Gasteiger partial charge in [0.15, 0.2) is 0 Å². The first-order valence-electron chi connectivity index (χ1n) is 7.82. The van der Waals surface area contributed by atoms with E-state index in [2.05, 4.69) is 21.0 Å². The van der Waals surface area contributed by atoms with Gasteiger partial charge in [-0.2, -0.15) is 18.3 Å². The summed E-state index contributed by atoms with van der Waals surface area (Å²) in [4.78, 5) is 20.4. The highest BCUT2D eigenvalue weighted by Crippen LogP contribution is 2.39. The lowest BCUT2D eigenvalue weighted by atomic mass is 9.89. The van der Waals surface area contributed by atoms with E-state index in [9.17, 15) is 28.2 Å². The van der Waals surface area contributed by atoms with Gasteiger partial charge in [0.05, 0.1) is 16.7 Å². The number of hydrogen-bond acceptors (Lipinski definition) is 5. The zero-order chi connectivity index (χ0) is 21.2. The van der Waals surface area contributed by atoms with E-state index >= 15 is 0 Å². The zero-order valence-electron chi connectivity index (χ0n) is 14.1. The number of aromatic nitrogens is 2. The topological polar surface area (TPSA) is 139 Å². The molecule has 1 aromatic heterocycles. The Hall–Kier alpha value is -2.60. The number of carboxylic acids is 2. The van der Waals surface area contributed by atoms with Gasteiger partial charge in [-0.3, -0.25) is 4.68 Å². The second kappa shape index (κ2) is 8.19. The molecule has 12 heteroatoms. The molecule has 0 aliphatic heterocycles. The van der Waals surface area contributed by atoms with Crippen molar-refractivity contribution in [2.45, 2.75) is 25.6 Å². The molecular weight excluding hydrogens is 451 g/mol. The SMILES string of the molecule is NCCn1nc2c(c1C(=O)O)CCc1cc(O)c(Br)cc1-2.O=C(O)C(F)(F)F. The second-order valence-electron chi connectivity index (χ2n) is 5.76. The average Bonchev–Trinajstić information content (AvgIpc) is 2.95. The number of halogens is 4. The van der Waals surface area contributed by atoms with Crippen LogP contribution in [0.15, 0.2) is 16.6 Å². The summed E-state index contributed by atoms with van der Waals surface area (Å²) >= 11 is 3.29. The predicted molar refractivity (Wildman–Crippen MR) is 94.1 cm³/mol. The molecule has 1 aromatic carbocycles. The number of hydrogen-bond donors (Lipinski definition) is 4. The lowest BCUT2D eigenvalue weighted by molar-refractivity contribution is -0.192. The summed E-state index contributed by atoms with van der Waals surface area (Å²) in [7, 11) is 0. The molecular formula is C16H15BrF3N3O5. The van der Waals surface area contributed by atoms with E-state index in [1.54, 1.807) is 12.1 Å². The lowest BCUT2D eigenvalue weighted by Gasteiger charge is -2.16. The number of alkyl halides is 3. The Morgan fingerprint density at radius 3 is 2.36 bits per heavy atom. The summed E-state index contributed by atoms with van der Waals surface area (Å²) < 4.78 is 33.8. The van der Waals surface area contributed by atoms with Gasteiger partial charge in [0.25, 0.3) is 0 Å². The van der Waals surface area contributed by atoms with Crippen LogP contribution in [0.25, 0.3) is 11.3 Å². The maximum atomic E-state index is 11.5. The maximum Gasteiger partial charge on any atom is 0.490 e. The van der Waals surface area contributed by atoms with Gasteiger partial charge in [-0.05, 0) is 46.5 Å². The number of rotatable bonds is 3. The number of nitrogens with two attached hydrogens (primary N) is 1. The van der Waals surface area contributed by atoms with Gasteiger partial charge >= 0.3 is 18.1 Å². The van der Waals surface area contributed by atoms with Crippen molar-refractivity contribution < 1.29 is 38.1 Å². The number of aromatic carboxylic acids is 1. The summed E-state index contributed by atoms with van der Waals surface area (Å²) in [6.07, 6.45) is -3.81. The smallest absolute Gasteiger partial charge is 0.490 e. The molecule has 1 aliphatic rings. The largest absolute Gasteiger partial charge is 0.507 e. The van der Waals surface area contributed by atoms with E-state index in [0.29, 0.717) is 36.1 Å². The summed E-state index contributed by atoms with van der Waals surface area (Å²) in [5.74, 6) is -3.57. The van der Waals surface area contributed by atoms with E-state index in [-0.39, 0.29) is 11.4 Å². The molecule has 0 unspecified atom stereocenters. The van der Waals surface area contributed by atoms with E-state index in [0.717, 1.165) is 16.7 Å². The van der Waals surface area contributed by atoms with Gasteiger partial charge in [-0.15, -0.1) is 0 Å². The number of aliphatic carboxylic acids is 1. The third-order valence-corrected chi connectivity index (χ3v) is 4.54. The molecule has 3 rings (SSSR count). The van der Waals surface area contributed by atoms with Crippen LogP contribution in [0.5, 0.6) is 5.75 Å². The third kappa shape index (κ3) is 4.44. The Kier molecular flexibility index (Phi) is 6.34. The highest BCUT2D eigenvalue weighted by Gasteiger charge is 2.38. The van der Waals surface area contributed by atoms with Crippen molar-refractivity contribution in [3.05, 3.63) is 33.4 Å². The van der Waals surface area contributed by atoms with Crippen molar-refractivity contribution in [3.63, 3.8) is 0 Å². The second-order valence-corrected chi connectivity index (χ2v) is 6.61. The number of aryl methyl sites for hydroxylation is 1. The fraction of sp³-hybridized carbons (Fsp3) is 0.312. The summed E-state index contributed by atoms with van der Waals surface area (Å²) in [6.45, 7) is 0.691. The third-order valence-electron chi connectivity index (χ3n) is 3.91. The highest BCUT2D eigenvalue weighted by atomic mass is 79.9. The monoisotopic (exact) mass is 465 g/mol. The van der Waals surface area contributed by atoms with Crippen LogP contribution in [0.3, 0.4) is 0 Å². The maximum absolute atomic E-state index is 11.5. The minimum Gasteiger partial charge on any atom is -0.507 e. The van der Waals surface area contributed by atoms with Crippen molar-refractivity contribution in [1.82, 2.24) is 9.78 Å². The summed E-state index contributed by atoms with van der Waals surface area (Å²) in [5.41, 5.74) is 8.98. The van der Waals surface area contributed by atoms with Gasteiger partial charge in [0.1, 0.15) is 11.4 Å². The minimum absolute atomic E-state index is 0.178. The van der Waals surface area contributed by atoms with Crippen LogP contribution in [-0.2, 0) is 24.2 Å². The predicted octanol–water partition coefficient (Wildman–Crippen LogP) is 2.41. The van der Waals surface area contributed by atoms with Gasteiger partial charge < -0.3 is 21.1 Å². The molecule has 5 N–H and O–H groups in total. The number of aromatic hydroxyl groups is 1. The van der Waals surface area contributed by atoms with Gasteiger partial charge in [0, 0.05) is 17.7 Å². The fourth-order valence-electron chi connectivity index (χ4n) is 2.77. The Morgan fingerprint density at radius 1 is 1.25 bits per heavy atom. The molecule has 1 aliphatic carbocycles. The molecule has 0 fully saturated rings. The molecule has 28 heavy (non-hydrogen) atoms. The molecule has 0 atom stereocenters. The lowest BCUT2D eigenvalue weighted by Crippen LogP contribution is -2.21. The molecule has 2 aromatic rings. The number of phenols is 1. The standard InChI is InChI=1S/C14H14BrN3O3.C2HF3O2/c15-10-6-9-7(5-11(10)19)1-2-8-12(9)17-18(4-3-16)13(8)14(20)21;3-2(4,5)1(6)7/h5-6,19H,1-4,16H2,(H,20,21);(H,6,7). The first kappa shape index (κ1) is 21.7. The summed E-state index contributed by atoms with van der Waals surface area (Å²) in [5, 5.41) is 30.8. The average molecular weight is 466 g/mol. The van der Waals surface area contributed by atoms with Crippen LogP contribution in [0.1, 0.15) is 21.6 Å². The van der Waals surface area contributed by atoms with E-state index in [1.165, 1.54) is 4.68 Å². The molecule has 8 nitrogen and oxygen atoms in total. The molecule has 0 spiro atoms. The quantitative estimate of drug-likeness (QED) is 0.545. The number of fused-ring (bicyclic) bond motifs is 3. The first-order valence-corrected chi connectivity index (χ1v) is 8.61. The molecule has 0 saturated heterocycles. The van der Waals surface area contributed by atoms with Gasteiger partial charge in [-0.1, -0.05) is 0 Å². The fourth-order valence-corrected chi connectivity index (χ4v) is 3.11. The van der Waals surface area contributed by atoms with Crippen LogP contribution in [0, 0.1) is 0 Å². The molecule has 1 heterocycles. The first-order chi connectivity index (χ1) is 13.0. The number of benzene rings is 1. The van der Waals surface area contributed by atoms with Crippen molar-refractivity contribution in [2.75, 3.05) is 6.54 Å².